The molecule has 0 saturated heterocycles. The Hall–Kier alpha value is -2.45. The van der Waals surface area contributed by atoms with Crippen molar-refractivity contribution < 1.29 is 22.7 Å². The van der Waals surface area contributed by atoms with Crippen LogP contribution in [-0.2, 0) is 10.0 Å². The predicted octanol–water partition coefficient (Wildman–Crippen LogP) is 3.61. The molecular formula is C19H23ClN2O5S. The van der Waals surface area contributed by atoms with Crippen molar-refractivity contribution >= 4 is 33.2 Å². The Morgan fingerprint density at radius 2 is 1.79 bits per heavy atom. The molecule has 1 amide bonds. The Morgan fingerprint density at radius 3 is 2.36 bits per heavy atom. The van der Waals surface area contributed by atoms with Gasteiger partial charge in [-0.3, -0.25) is 9.52 Å². The van der Waals surface area contributed by atoms with Crippen LogP contribution < -0.4 is 19.5 Å². The average Bonchev–Trinajstić information content (AvgIpc) is 2.65. The topological polar surface area (TPSA) is 93.7 Å². The molecule has 2 rings (SSSR count). The highest BCUT2D eigenvalue weighted by Gasteiger charge is 2.19. The second-order valence-corrected chi connectivity index (χ2v) is 8.27. The Labute approximate surface area is 170 Å². The van der Waals surface area contributed by atoms with Crippen molar-refractivity contribution in [3.63, 3.8) is 0 Å². The zero-order chi connectivity index (χ0) is 20.9. The van der Waals surface area contributed by atoms with Crippen LogP contribution in [-0.4, -0.2) is 34.8 Å². The zero-order valence-electron chi connectivity index (χ0n) is 16.1. The van der Waals surface area contributed by atoms with Crippen molar-refractivity contribution in [2.45, 2.75) is 19.4 Å². The first-order valence-corrected chi connectivity index (χ1v) is 10.8. The summed E-state index contributed by atoms with van der Waals surface area (Å²) in [5, 5.41) is 3.14. The van der Waals surface area contributed by atoms with E-state index >= 15 is 0 Å². The van der Waals surface area contributed by atoms with Gasteiger partial charge in [-0.15, -0.1) is 0 Å². The van der Waals surface area contributed by atoms with Gasteiger partial charge in [0, 0.05) is 5.69 Å². The molecule has 0 saturated carbocycles. The molecule has 0 spiro atoms. The van der Waals surface area contributed by atoms with Gasteiger partial charge in [0.15, 0.2) is 11.5 Å². The lowest BCUT2D eigenvalue weighted by molar-refractivity contribution is 0.0935. The van der Waals surface area contributed by atoms with E-state index in [1.807, 2.05) is 13.0 Å². The fourth-order valence-electron chi connectivity index (χ4n) is 2.70. The molecule has 0 aliphatic carbocycles. The number of anilines is 1. The number of nitrogens with one attached hydrogen (secondary N) is 2. The van der Waals surface area contributed by atoms with Crippen LogP contribution in [0.5, 0.6) is 11.5 Å². The summed E-state index contributed by atoms with van der Waals surface area (Å²) in [5.41, 5.74) is 1.28. The van der Waals surface area contributed by atoms with Gasteiger partial charge in [0.25, 0.3) is 5.91 Å². The van der Waals surface area contributed by atoms with Crippen LogP contribution in [0.1, 0.15) is 35.3 Å². The van der Waals surface area contributed by atoms with E-state index in [2.05, 4.69) is 10.0 Å². The summed E-state index contributed by atoms with van der Waals surface area (Å²) in [6.07, 6.45) is 1.66. The first-order chi connectivity index (χ1) is 13.2. The molecule has 0 radical (unpaired) electrons. The van der Waals surface area contributed by atoms with Gasteiger partial charge in [-0.1, -0.05) is 24.6 Å². The summed E-state index contributed by atoms with van der Waals surface area (Å²) in [5.74, 6) is 0.740. The highest BCUT2D eigenvalue weighted by molar-refractivity contribution is 7.92. The minimum absolute atomic E-state index is 0.175. The van der Waals surface area contributed by atoms with Gasteiger partial charge in [-0.05, 0) is 42.3 Å². The first-order valence-electron chi connectivity index (χ1n) is 8.48. The van der Waals surface area contributed by atoms with Crippen LogP contribution in [0.25, 0.3) is 0 Å². The maximum absolute atomic E-state index is 12.8. The second kappa shape index (κ2) is 9.16. The van der Waals surface area contributed by atoms with E-state index in [4.69, 9.17) is 21.1 Å². The molecule has 1 atom stereocenters. The quantitative estimate of drug-likeness (QED) is 0.672. The van der Waals surface area contributed by atoms with Crippen molar-refractivity contribution in [2.24, 2.45) is 0 Å². The van der Waals surface area contributed by atoms with Crippen molar-refractivity contribution in [2.75, 3.05) is 25.2 Å². The van der Waals surface area contributed by atoms with E-state index in [1.165, 1.54) is 18.2 Å². The molecule has 0 aliphatic heterocycles. The smallest absolute Gasteiger partial charge is 0.253 e. The van der Waals surface area contributed by atoms with Gasteiger partial charge in [0.1, 0.15) is 0 Å². The normalized spacial score (nSPS) is 12.2. The number of hydrogen-bond donors (Lipinski definition) is 2. The van der Waals surface area contributed by atoms with E-state index in [0.29, 0.717) is 17.9 Å². The maximum Gasteiger partial charge on any atom is 0.253 e. The SMILES string of the molecule is CC[C@@H](NC(=O)c1cc(NS(C)(=O)=O)ccc1Cl)c1ccc(OC)c(OC)c1. The standard InChI is InChI=1S/C19H23ClN2O5S/c1-5-16(12-6-9-17(26-2)18(10-12)27-3)21-19(23)14-11-13(7-8-15(14)20)22-28(4,24)25/h6-11,16,22H,5H2,1-4H3,(H,21,23)/t16-/m1/s1. The van der Waals surface area contributed by atoms with Crippen LogP contribution >= 0.6 is 11.6 Å². The molecule has 0 aromatic heterocycles. The van der Waals surface area contributed by atoms with Gasteiger partial charge in [0.2, 0.25) is 10.0 Å². The van der Waals surface area contributed by atoms with Gasteiger partial charge < -0.3 is 14.8 Å². The Balaban J connectivity index is 2.28. The summed E-state index contributed by atoms with van der Waals surface area (Å²) < 4.78 is 35.7. The van der Waals surface area contributed by atoms with Gasteiger partial charge in [-0.25, -0.2) is 8.42 Å². The minimum Gasteiger partial charge on any atom is -0.493 e. The van der Waals surface area contributed by atoms with Crippen LogP contribution in [0.15, 0.2) is 36.4 Å². The fraction of sp³-hybridized carbons (Fsp3) is 0.316. The van der Waals surface area contributed by atoms with Gasteiger partial charge >= 0.3 is 0 Å². The minimum atomic E-state index is -3.47. The highest BCUT2D eigenvalue weighted by atomic mass is 35.5. The number of benzene rings is 2. The molecule has 0 heterocycles. The Kier molecular flexibility index (Phi) is 7.15. The summed E-state index contributed by atoms with van der Waals surface area (Å²) in [4.78, 5) is 12.8. The van der Waals surface area contributed by atoms with E-state index in [0.717, 1.165) is 11.8 Å². The lowest BCUT2D eigenvalue weighted by atomic mass is 10.0. The predicted molar refractivity (Wildman–Crippen MR) is 110 cm³/mol. The number of sulfonamides is 1. The van der Waals surface area contributed by atoms with Crippen molar-refractivity contribution in [3.8, 4) is 11.5 Å². The number of rotatable bonds is 8. The van der Waals surface area contributed by atoms with E-state index in [9.17, 15) is 13.2 Å². The van der Waals surface area contributed by atoms with Crippen LogP contribution in [0.4, 0.5) is 5.69 Å². The monoisotopic (exact) mass is 426 g/mol. The van der Waals surface area contributed by atoms with E-state index in [-0.39, 0.29) is 22.3 Å². The van der Waals surface area contributed by atoms with Gasteiger partial charge in [0.05, 0.1) is 37.1 Å². The number of halogens is 1. The molecule has 0 fully saturated rings. The third-order valence-electron chi connectivity index (χ3n) is 4.04. The summed E-state index contributed by atoms with van der Waals surface area (Å²) in [7, 11) is -0.373. The highest BCUT2D eigenvalue weighted by Crippen LogP contribution is 2.31. The maximum atomic E-state index is 12.8. The molecule has 28 heavy (non-hydrogen) atoms. The summed E-state index contributed by atoms with van der Waals surface area (Å²) in [6.45, 7) is 1.94. The molecular weight excluding hydrogens is 404 g/mol. The Bertz CT molecular complexity index is 963. The molecule has 152 valence electrons. The number of hydrogen-bond acceptors (Lipinski definition) is 5. The third-order valence-corrected chi connectivity index (χ3v) is 4.97. The summed E-state index contributed by atoms with van der Waals surface area (Å²) in [6, 6.07) is 9.49. The van der Waals surface area contributed by atoms with Crippen molar-refractivity contribution in [1.29, 1.82) is 0 Å². The number of carbonyl (C=O) groups is 1. The molecule has 0 aliphatic rings. The van der Waals surface area contributed by atoms with Gasteiger partial charge in [-0.2, -0.15) is 0 Å². The lowest BCUT2D eigenvalue weighted by Crippen LogP contribution is -2.28. The number of amides is 1. The number of carbonyl (C=O) groups excluding carboxylic acids is 1. The number of ether oxygens (including phenoxy) is 2. The molecule has 0 bridgehead atoms. The molecule has 7 nitrogen and oxygen atoms in total. The first kappa shape index (κ1) is 21.8. The van der Waals surface area contributed by atoms with Crippen LogP contribution in [0.3, 0.4) is 0 Å². The van der Waals surface area contributed by atoms with E-state index in [1.54, 1.807) is 26.4 Å². The second-order valence-electron chi connectivity index (χ2n) is 6.12. The molecule has 2 N–H and O–H groups in total. The average molecular weight is 427 g/mol. The number of methoxy groups -OCH3 is 2. The summed E-state index contributed by atoms with van der Waals surface area (Å²) >= 11 is 6.15. The lowest BCUT2D eigenvalue weighted by Gasteiger charge is -2.20. The van der Waals surface area contributed by atoms with E-state index < -0.39 is 15.9 Å². The van der Waals surface area contributed by atoms with Crippen molar-refractivity contribution in [3.05, 3.63) is 52.5 Å². The molecule has 2 aromatic carbocycles. The molecule has 9 heteroatoms. The molecule has 2 aromatic rings. The Morgan fingerprint density at radius 1 is 1.11 bits per heavy atom. The largest absolute Gasteiger partial charge is 0.493 e. The van der Waals surface area contributed by atoms with Crippen molar-refractivity contribution in [1.82, 2.24) is 5.32 Å². The third kappa shape index (κ3) is 5.53. The zero-order valence-corrected chi connectivity index (χ0v) is 17.6. The van der Waals surface area contributed by atoms with Crippen LogP contribution in [0.2, 0.25) is 5.02 Å². The fourth-order valence-corrected chi connectivity index (χ4v) is 3.46. The molecule has 0 unspecified atom stereocenters. The van der Waals surface area contributed by atoms with Crippen LogP contribution in [0, 0.1) is 0 Å².